The van der Waals surface area contributed by atoms with E-state index in [4.69, 9.17) is 28.4 Å². The quantitative estimate of drug-likeness (QED) is 0.227. The van der Waals surface area contributed by atoms with Crippen molar-refractivity contribution in [3.05, 3.63) is 42.5 Å². The Balaban J connectivity index is 1.47. The lowest BCUT2D eigenvalue weighted by Crippen LogP contribution is -2.35. The predicted octanol–water partition coefficient (Wildman–Crippen LogP) is 5.57. The van der Waals surface area contributed by atoms with E-state index in [1.807, 2.05) is 42.5 Å². The maximum atomic E-state index is 5.90. The van der Waals surface area contributed by atoms with Crippen LogP contribution in [0.25, 0.3) is 0 Å². The van der Waals surface area contributed by atoms with Crippen molar-refractivity contribution in [3.8, 4) is 17.2 Å². The van der Waals surface area contributed by atoms with E-state index in [1.54, 1.807) is 0 Å². The number of quaternary nitrogens is 1. The van der Waals surface area contributed by atoms with Crippen LogP contribution in [0.1, 0.15) is 25.7 Å². The molecule has 9 heteroatoms. The Labute approximate surface area is 227 Å². The number of nitrogens with zero attached hydrogens (tertiary/aromatic N) is 3. The minimum atomic E-state index is 0.394. The Kier molecular flexibility index (Phi) is 13.3. The highest BCUT2D eigenvalue weighted by Gasteiger charge is 2.09. The molecule has 0 fully saturated rings. The zero-order valence-corrected chi connectivity index (χ0v) is 23.2. The number of rotatable bonds is 10. The molecule has 38 heavy (non-hydrogen) atoms. The van der Waals surface area contributed by atoms with E-state index >= 15 is 0 Å². The van der Waals surface area contributed by atoms with Crippen LogP contribution < -0.4 is 14.2 Å². The van der Waals surface area contributed by atoms with E-state index < -0.39 is 0 Å². The van der Waals surface area contributed by atoms with Gasteiger partial charge < -0.3 is 32.9 Å². The topological polar surface area (TPSA) is 80.1 Å². The van der Waals surface area contributed by atoms with E-state index in [1.165, 1.54) is 25.8 Å². The molecule has 0 amide bonds. The molecule has 0 saturated heterocycles. The molecule has 3 rings (SSSR count). The largest absolute Gasteiger partial charge is 0.494 e. The number of hydrogen-bond donors (Lipinski definition) is 0. The van der Waals surface area contributed by atoms with Crippen LogP contribution in [0, 0.1) is 0 Å². The molecular formula is C29H44N3O6+. The van der Waals surface area contributed by atoms with E-state index in [-0.39, 0.29) is 0 Å². The fourth-order valence-corrected chi connectivity index (χ4v) is 3.71. The minimum Gasteiger partial charge on any atom is -0.494 e. The van der Waals surface area contributed by atoms with Crippen molar-refractivity contribution >= 4 is 11.4 Å². The third-order valence-electron chi connectivity index (χ3n) is 5.75. The van der Waals surface area contributed by atoms with Crippen LogP contribution in [-0.2, 0) is 14.2 Å². The average molecular weight is 531 g/mol. The molecule has 0 N–H and O–H groups in total. The average Bonchev–Trinajstić information content (AvgIpc) is 2.91. The highest BCUT2D eigenvalue weighted by molar-refractivity contribution is 5.52. The summed E-state index contributed by atoms with van der Waals surface area (Å²) in [6, 6.07) is 13.2. The molecule has 1 aliphatic rings. The van der Waals surface area contributed by atoms with Crippen LogP contribution in [0.15, 0.2) is 52.7 Å². The third kappa shape index (κ3) is 12.7. The van der Waals surface area contributed by atoms with Crippen molar-refractivity contribution in [1.82, 2.24) is 0 Å². The van der Waals surface area contributed by atoms with Crippen molar-refractivity contribution in [3.63, 3.8) is 0 Å². The number of hydrogen-bond acceptors (Lipinski definition) is 8. The molecule has 0 saturated carbocycles. The summed E-state index contributed by atoms with van der Waals surface area (Å²) in [6.07, 6.45) is 4.76. The van der Waals surface area contributed by atoms with Gasteiger partial charge in [-0.1, -0.05) is 0 Å². The van der Waals surface area contributed by atoms with Gasteiger partial charge in [0, 0.05) is 6.07 Å². The molecule has 0 aliphatic carbocycles. The fourth-order valence-electron chi connectivity index (χ4n) is 3.71. The van der Waals surface area contributed by atoms with Crippen molar-refractivity contribution in [2.75, 3.05) is 87.1 Å². The monoisotopic (exact) mass is 530 g/mol. The normalized spacial score (nSPS) is 16.1. The van der Waals surface area contributed by atoms with Gasteiger partial charge in [-0.3, -0.25) is 0 Å². The van der Waals surface area contributed by atoms with Crippen molar-refractivity contribution < 1.29 is 32.9 Å². The molecule has 0 bridgehead atoms. The molecule has 1 aliphatic heterocycles. The maximum absolute atomic E-state index is 5.90. The Morgan fingerprint density at radius 1 is 0.632 bits per heavy atom. The second-order valence-electron chi connectivity index (χ2n) is 10.1. The molecular weight excluding hydrogens is 486 g/mol. The van der Waals surface area contributed by atoms with Crippen molar-refractivity contribution in [2.24, 2.45) is 10.2 Å². The minimum absolute atomic E-state index is 0.394. The fraction of sp³-hybridized carbons (Fsp3) is 0.586. The van der Waals surface area contributed by atoms with Gasteiger partial charge in [-0.05, 0) is 62.1 Å². The summed E-state index contributed by atoms with van der Waals surface area (Å²) in [7, 11) is 6.71. The predicted molar refractivity (Wildman–Crippen MR) is 147 cm³/mol. The Bertz CT molecular complexity index is 946. The van der Waals surface area contributed by atoms with Gasteiger partial charge in [0.1, 0.15) is 19.0 Å². The number of azo groups is 1. The lowest BCUT2D eigenvalue weighted by molar-refractivity contribution is -0.870. The Morgan fingerprint density at radius 2 is 1.18 bits per heavy atom. The van der Waals surface area contributed by atoms with Gasteiger partial charge in [0.15, 0.2) is 11.5 Å². The molecule has 0 unspecified atom stereocenters. The van der Waals surface area contributed by atoms with Crippen molar-refractivity contribution in [2.45, 2.75) is 25.7 Å². The second kappa shape index (κ2) is 17.0. The molecule has 0 radical (unpaired) electrons. The van der Waals surface area contributed by atoms with Crippen LogP contribution in [0.3, 0.4) is 0 Å². The van der Waals surface area contributed by atoms with Crippen LogP contribution in [0.4, 0.5) is 11.4 Å². The van der Waals surface area contributed by atoms with E-state index in [2.05, 4.69) is 31.4 Å². The Morgan fingerprint density at radius 3 is 1.84 bits per heavy atom. The molecule has 2 aromatic rings. The summed E-state index contributed by atoms with van der Waals surface area (Å²) in [5, 5.41) is 8.75. The first-order valence-corrected chi connectivity index (χ1v) is 13.6. The Hall–Kier alpha value is -2.72. The molecule has 0 spiro atoms. The lowest BCUT2D eigenvalue weighted by Gasteiger charge is -2.23. The third-order valence-corrected chi connectivity index (χ3v) is 5.75. The van der Waals surface area contributed by atoms with Gasteiger partial charge in [-0.2, -0.15) is 10.2 Å². The lowest BCUT2D eigenvalue weighted by atomic mass is 10.2. The summed E-state index contributed by atoms with van der Waals surface area (Å²) in [4.78, 5) is 0. The van der Waals surface area contributed by atoms with Crippen LogP contribution in [-0.4, -0.2) is 91.6 Å². The van der Waals surface area contributed by atoms with Gasteiger partial charge >= 0.3 is 0 Å². The first-order chi connectivity index (χ1) is 18.5. The number of fused-ring (bicyclic) bond motifs is 1. The SMILES string of the molecule is C[N+](C)(C)CCCCCCOc1ccc(N=Nc2ccc3c(c2)OCCOCCOCCOCCO3)cc1. The van der Waals surface area contributed by atoms with Gasteiger partial charge in [-0.25, -0.2) is 0 Å². The molecule has 1 heterocycles. The highest BCUT2D eigenvalue weighted by Crippen LogP contribution is 2.33. The first kappa shape index (κ1) is 29.8. The molecule has 2 aromatic carbocycles. The van der Waals surface area contributed by atoms with Gasteiger partial charge in [0.25, 0.3) is 0 Å². The van der Waals surface area contributed by atoms with Crippen LogP contribution in [0.5, 0.6) is 17.2 Å². The molecule has 0 atom stereocenters. The number of ether oxygens (including phenoxy) is 6. The summed E-state index contributed by atoms with van der Waals surface area (Å²) in [5.41, 5.74) is 1.42. The molecule has 210 valence electrons. The van der Waals surface area contributed by atoms with Crippen LogP contribution >= 0.6 is 0 Å². The first-order valence-electron chi connectivity index (χ1n) is 13.6. The maximum Gasteiger partial charge on any atom is 0.163 e. The van der Waals surface area contributed by atoms with Gasteiger partial charge in [-0.15, -0.1) is 0 Å². The van der Waals surface area contributed by atoms with Gasteiger partial charge in [0.05, 0.1) is 85.3 Å². The molecule has 9 nitrogen and oxygen atoms in total. The highest BCUT2D eigenvalue weighted by atomic mass is 16.6. The summed E-state index contributed by atoms with van der Waals surface area (Å²) in [5.74, 6) is 2.08. The number of unbranched alkanes of at least 4 members (excludes halogenated alkanes) is 3. The second-order valence-corrected chi connectivity index (χ2v) is 10.1. The summed E-state index contributed by atoms with van der Waals surface area (Å²) >= 11 is 0. The zero-order chi connectivity index (χ0) is 26.9. The smallest absolute Gasteiger partial charge is 0.163 e. The van der Waals surface area contributed by atoms with E-state index in [0.29, 0.717) is 70.0 Å². The van der Waals surface area contributed by atoms with Gasteiger partial charge in [0.2, 0.25) is 0 Å². The van der Waals surface area contributed by atoms with Crippen LogP contribution in [0.2, 0.25) is 0 Å². The standard InChI is InChI=1S/C29H44N3O6/c1-32(2,3)14-6-4-5-7-15-36-27-11-8-25(9-12-27)30-31-26-10-13-28-29(24-26)38-23-21-35-19-17-33-16-18-34-20-22-37-28/h8-13,24H,4-7,14-23H2,1-3H3/q+1. The number of benzene rings is 2. The van der Waals surface area contributed by atoms with Crippen molar-refractivity contribution in [1.29, 1.82) is 0 Å². The van der Waals surface area contributed by atoms with E-state index in [9.17, 15) is 0 Å². The van der Waals surface area contributed by atoms with E-state index in [0.717, 1.165) is 28.9 Å². The zero-order valence-electron chi connectivity index (χ0n) is 23.2. The summed E-state index contributed by atoms with van der Waals surface area (Å²) in [6.45, 7) is 5.79. The summed E-state index contributed by atoms with van der Waals surface area (Å²) < 4.78 is 35.2. The molecule has 0 aromatic heterocycles.